The molecule has 1 atom stereocenters. The molecule has 0 amide bonds. The Hall–Kier alpha value is -1.56. The predicted octanol–water partition coefficient (Wildman–Crippen LogP) is 2.70. The lowest BCUT2D eigenvalue weighted by molar-refractivity contribution is -0.225. The Balaban J connectivity index is 2.94. The predicted molar refractivity (Wildman–Crippen MR) is 53.6 cm³/mol. The van der Waals surface area contributed by atoms with Gasteiger partial charge < -0.3 is 9.84 Å². The fourth-order valence-electron chi connectivity index (χ4n) is 1.37. The van der Waals surface area contributed by atoms with Gasteiger partial charge in [0.15, 0.2) is 6.10 Å². The van der Waals surface area contributed by atoms with Crippen LogP contribution < -0.4 is 0 Å². The van der Waals surface area contributed by atoms with Gasteiger partial charge in [-0.2, -0.15) is 13.2 Å². The molecule has 1 N–H and O–H groups in total. The van der Waals surface area contributed by atoms with Gasteiger partial charge in [0, 0.05) is 0 Å². The highest BCUT2D eigenvalue weighted by Crippen LogP contribution is 2.35. The fraction of sp³-hybridized carbons (Fsp3) is 0.364. The molecule has 0 unspecified atom stereocenters. The molecule has 0 fully saturated rings. The van der Waals surface area contributed by atoms with Gasteiger partial charge in [-0.25, -0.2) is 4.79 Å². The van der Waals surface area contributed by atoms with Gasteiger partial charge >= 0.3 is 12.1 Å². The molecular formula is C11H11F3O3. The second kappa shape index (κ2) is 5.18. The average Bonchev–Trinajstić information content (AvgIpc) is 2.15. The highest BCUT2D eigenvalue weighted by Gasteiger charge is 2.42. The second-order valence-corrected chi connectivity index (χ2v) is 3.54. The maximum atomic E-state index is 12.7. The van der Waals surface area contributed by atoms with Gasteiger partial charge in [0.05, 0.1) is 0 Å². The topological polar surface area (TPSA) is 46.5 Å². The van der Waals surface area contributed by atoms with Crippen molar-refractivity contribution >= 4 is 5.97 Å². The van der Waals surface area contributed by atoms with Gasteiger partial charge in [0.25, 0.3) is 0 Å². The number of carboxylic acids is 1. The van der Waals surface area contributed by atoms with E-state index in [-0.39, 0.29) is 5.56 Å². The first-order valence-corrected chi connectivity index (χ1v) is 4.77. The van der Waals surface area contributed by atoms with Crippen molar-refractivity contribution in [3.8, 4) is 0 Å². The minimum atomic E-state index is -4.64. The summed E-state index contributed by atoms with van der Waals surface area (Å²) >= 11 is 0. The van der Waals surface area contributed by atoms with Crippen LogP contribution in [0.1, 0.15) is 17.2 Å². The molecule has 94 valence electrons. The van der Waals surface area contributed by atoms with E-state index in [9.17, 15) is 18.0 Å². The first-order chi connectivity index (χ1) is 7.80. The summed E-state index contributed by atoms with van der Waals surface area (Å²) in [6, 6.07) is 5.69. The van der Waals surface area contributed by atoms with Crippen LogP contribution in [0, 0.1) is 6.92 Å². The molecule has 0 aromatic heterocycles. The summed E-state index contributed by atoms with van der Waals surface area (Å²) in [6.07, 6.45) is -6.85. The zero-order chi connectivity index (χ0) is 13.1. The summed E-state index contributed by atoms with van der Waals surface area (Å²) in [5.74, 6) is -1.44. The number of hydrogen-bond donors (Lipinski definition) is 1. The molecule has 0 spiro atoms. The van der Waals surface area contributed by atoms with Gasteiger partial charge in [-0.1, -0.05) is 29.8 Å². The number of halogens is 3. The molecule has 0 aliphatic rings. The summed E-state index contributed by atoms with van der Waals surface area (Å²) in [5.41, 5.74) is 0.550. The van der Waals surface area contributed by atoms with Gasteiger partial charge in [0.1, 0.15) is 6.61 Å². The molecule has 0 saturated carbocycles. The Labute approximate surface area is 95.8 Å². The third-order valence-corrected chi connectivity index (χ3v) is 2.02. The van der Waals surface area contributed by atoms with E-state index in [1.165, 1.54) is 18.2 Å². The Kier molecular flexibility index (Phi) is 4.11. The monoisotopic (exact) mass is 248 g/mol. The largest absolute Gasteiger partial charge is 0.480 e. The van der Waals surface area contributed by atoms with E-state index >= 15 is 0 Å². The summed E-state index contributed by atoms with van der Waals surface area (Å²) in [4.78, 5) is 10.2. The van der Waals surface area contributed by atoms with Crippen molar-refractivity contribution in [3.05, 3.63) is 35.4 Å². The van der Waals surface area contributed by atoms with E-state index in [0.717, 1.165) is 0 Å². The van der Waals surface area contributed by atoms with E-state index in [4.69, 9.17) is 5.11 Å². The van der Waals surface area contributed by atoms with Crippen molar-refractivity contribution < 1.29 is 27.8 Å². The Morgan fingerprint density at radius 1 is 1.47 bits per heavy atom. The second-order valence-electron chi connectivity index (χ2n) is 3.54. The van der Waals surface area contributed by atoms with E-state index in [2.05, 4.69) is 4.74 Å². The molecule has 0 bridgehead atoms. The van der Waals surface area contributed by atoms with Crippen LogP contribution in [0.25, 0.3) is 0 Å². The van der Waals surface area contributed by atoms with Crippen molar-refractivity contribution in [2.45, 2.75) is 19.2 Å². The lowest BCUT2D eigenvalue weighted by Crippen LogP contribution is -2.26. The maximum Gasteiger partial charge on any atom is 0.418 e. The Bertz CT molecular complexity index is 401. The molecule has 3 nitrogen and oxygen atoms in total. The van der Waals surface area contributed by atoms with Gasteiger partial charge in [-0.15, -0.1) is 0 Å². The van der Waals surface area contributed by atoms with Crippen molar-refractivity contribution in [2.24, 2.45) is 0 Å². The van der Waals surface area contributed by atoms with Crippen LogP contribution in [-0.2, 0) is 9.53 Å². The van der Waals surface area contributed by atoms with Crippen LogP contribution in [0.5, 0.6) is 0 Å². The molecule has 0 saturated heterocycles. The molecule has 0 aliphatic carbocycles. The third kappa shape index (κ3) is 4.07. The van der Waals surface area contributed by atoms with Crippen LogP contribution in [0.15, 0.2) is 24.3 Å². The third-order valence-electron chi connectivity index (χ3n) is 2.02. The van der Waals surface area contributed by atoms with E-state index in [1.54, 1.807) is 13.0 Å². The highest BCUT2D eigenvalue weighted by atomic mass is 19.4. The maximum absolute atomic E-state index is 12.7. The first kappa shape index (κ1) is 13.5. The minimum absolute atomic E-state index is 0.0984. The number of benzene rings is 1. The molecule has 17 heavy (non-hydrogen) atoms. The summed E-state index contributed by atoms with van der Waals surface area (Å²) in [7, 11) is 0. The van der Waals surface area contributed by atoms with Crippen molar-refractivity contribution in [3.63, 3.8) is 0 Å². The summed E-state index contributed by atoms with van der Waals surface area (Å²) in [5, 5.41) is 8.34. The SMILES string of the molecule is Cc1cccc([C@H](OCC(=O)O)C(F)(F)F)c1. The van der Waals surface area contributed by atoms with Crippen molar-refractivity contribution in [2.75, 3.05) is 6.61 Å². The van der Waals surface area contributed by atoms with Crippen molar-refractivity contribution in [1.29, 1.82) is 0 Å². The van der Waals surface area contributed by atoms with Crippen LogP contribution in [0.4, 0.5) is 13.2 Å². The van der Waals surface area contributed by atoms with Crippen molar-refractivity contribution in [1.82, 2.24) is 0 Å². The number of aliphatic carboxylic acids is 1. The highest BCUT2D eigenvalue weighted by molar-refractivity contribution is 5.68. The number of rotatable bonds is 4. The van der Waals surface area contributed by atoms with Crippen LogP contribution in [0.3, 0.4) is 0 Å². The quantitative estimate of drug-likeness (QED) is 0.891. The standard InChI is InChI=1S/C11H11F3O3/c1-7-3-2-4-8(5-7)10(11(12,13)14)17-6-9(15)16/h2-5,10H,6H2,1H3,(H,15,16)/t10-/m0/s1. The van der Waals surface area contributed by atoms with E-state index in [0.29, 0.717) is 5.56 Å². The van der Waals surface area contributed by atoms with E-state index in [1.807, 2.05) is 0 Å². The average molecular weight is 248 g/mol. The molecule has 1 rings (SSSR count). The zero-order valence-electron chi connectivity index (χ0n) is 8.99. The van der Waals surface area contributed by atoms with Crippen LogP contribution in [0.2, 0.25) is 0 Å². The van der Waals surface area contributed by atoms with Crippen LogP contribution >= 0.6 is 0 Å². The lowest BCUT2D eigenvalue weighted by Gasteiger charge is -2.20. The Morgan fingerprint density at radius 2 is 2.12 bits per heavy atom. The number of carbonyl (C=O) groups is 1. The smallest absolute Gasteiger partial charge is 0.418 e. The molecule has 0 aliphatic heterocycles. The normalized spacial score (nSPS) is 13.4. The number of hydrogen-bond acceptors (Lipinski definition) is 2. The van der Waals surface area contributed by atoms with Gasteiger partial charge in [0.2, 0.25) is 0 Å². The molecule has 0 heterocycles. The zero-order valence-corrected chi connectivity index (χ0v) is 8.99. The summed E-state index contributed by atoms with van der Waals surface area (Å²) < 4.78 is 42.4. The van der Waals surface area contributed by atoms with Gasteiger partial charge in [-0.3, -0.25) is 0 Å². The summed E-state index contributed by atoms with van der Waals surface area (Å²) in [6.45, 7) is 0.659. The van der Waals surface area contributed by atoms with Gasteiger partial charge in [-0.05, 0) is 12.5 Å². The van der Waals surface area contributed by atoms with E-state index < -0.39 is 24.9 Å². The molecule has 1 aromatic carbocycles. The molecule has 0 radical (unpaired) electrons. The fourth-order valence-corrected chi connectivity index (χ4v) is 1.37. The molecular weight excluding hydrogens is 237 g/mol. The molecule has 6 heteroatoms. The number of carboxylic acid groups (broad SMARTS) is 1. The number of ether oxygens (including phenoxy) is 1. The lowest BCUT2D eigenvalue weighted by atomic mass is 10.1. The number of alkyl halides is 3. The minimum Gasteiger partial charge on any atom is -0.480 e. The van der Waals surface area contributed by atoms with Crippen LogP contribution in [-0.4, -0.2) is 23.9 Å². The number of aryl methyl sites for hydroxylation is 1. The Morgan fingerprint density at radius 3 is 2.59 bits per heavy atom. The molecule has 1 aromatic rings. The first-order valence-electron chi connectivity index (χ1n) is 4.77.